The fourth-order valence-electron chi connectivity index (χ4n) is 3.30. The molecule has 0 aliphatic rings. The number of halogens is 3. The third kappa shape index (κ3) is 6.05. The number of benzene rings is 2. The van der Waals surface area contributed by atoms with Gasteiger partial charge in [-0.1, -0.05) is 19.1 Å². The molecule has 1 amide bonds. The van der Waals surface area contributed by atoms with Crippen LogP contribution < -0.4 is 26.8 Å². The Morgan fingerprint density at radius 2 is 1.54 bits per heavy atom. The molecule has 0 spiro atoms. The molecule has 0 saturated heterocycles. The van der Waals surface area contributed by atoms with Gasteiger partial charge in [-0.15, -0.1) is 0 Å². The molecule has 8 nitrogen and oxygen atoms in total. The molecule has 3 aromatic carbocycles. The molecule has 11 heteroatoms. The molecule has 0 radical (unpaired) electrons. The Balaban J connectivity index is 1.65. The topological polar surface area (TPSA) is 125 Å². The van der Waals surface area contributed by atoms with Crippen molar-refractivity contribution in [3.63, 3.8) is 0 Å². The van der Waals surface area contributed by atoms with Gasteiger partial charge in [0.05, 0.1) is 5.56 Å². The molecule has 0 aliphatic heterocycles. The fourth-order valence-corrected chi connectivity index (χ4v) is 3.30. The number of nitrogens with one attached hydrogen (secondary N) is 3. The minimum Gasteiger partial charge on any atom is -0.480 e. The van der Waals surface area contributed by atoms with E-state index < -0.39 is 40.5 Å². The number of hydrogen-bond donors (Lipinski definition) is 4. The lowest BCUT2D eigenvalue weighted by Gasteiger charge is -2.20. The molecule has 1 atom stereocenters. The smallest absolute Gasteiger partial charge is 0.416 e. The summed E-state index contributed by atoms with van der Waals surface area (Å²) < 4.78 is 38.0. The Hall–Kier alpha value is -4.15. The largest absolute Gasteiger partial charge is 0.480 e. The van der Waals surface area contributed by atoms with Gasteiger partial charge in [-0.25, -0.2) is 4.79 Å². The second-order valence-corrected chi connectivity index (χ2v) is 7.80. The summed E-state index contributed by atoms with van der Waals surface area (Å²) in [6.45, 7) is 2.33. The quantitative estimate of drug-likeness (QED) is 0.322. The van der Waals surface area contributed by atoms with Gasteiger partial charge < -0.3 is 21.1 Å². The molecule has 0 aromatic heterocycles. The van der Waals surface area contributed by atoms with Crippen molar-refractivity contribution in [2.45, 2.75) is 32.0 Å². The molecular formula is C24H22F3N3O5. The van der Waals surface area contributed by atoms with Gasteiger partial charge in [0.2, 0.25) is 0 Å². The molecular weight excluding hydrogens is 467 g/mol. The van der Waals surface area contributed by atoms with Crippen LogP contribution in [0.2, 0.25) is 0 Å². The molecule has 0 fully saturated rings. The monoisotopic (exact) mass is 489 g/mol. The number of carboxylic acid groups (broad SMARTS) is 1. The lowest BCUT2D eigenvalue weighted by atomic mass is 10.0. The second-order valence-electron chi connectivity index (χ2n) is 7.80. The molecule has 0 aliphatic carbocycles. The minimum atomic E-state index is -4.50. The average molecular weight is 489 g/mol. The number of aliphatic carboxylic acids is 1. The van der Waals surface area contributed by atoms with Gasteiger partial charge in [-0.3, -0.25) is 14.4 Å². The van der Waals surface area contributed by atoms with Gasteiger partial charge >= 0.3 is 12.1 Å². The highest BCUT2D eigenvalue weighted by atomic mass is 19.4. The Bertz CT molecular complexity index is 1280. The Morgan fingerprint density at radius 3 is 2.09 bits per heavy atom. The molecule has 1 unspecified atom stereocenters. The number of rotatable bonds is 10. The zero-order valence-electron chi connectivity index (χ0n) is 18.5. The summed E-state index contributed by atoms with van der Waals surface area (Å²) in [5.41, 5.74) is -1.36. The van der Waals surface area contributed by atoms with Gasteiger partial charge in [0.25, 0.3) is 16.8 Å². The first-order valence-electron chi connectivity index (χ1n) is 10.6. The molecule has 4 N–H and O–H groups in total. The van der Waals surface area contributed by atoms with E-state index in [9.17, 15) is 37.5 Å². The zero-order valence-corrected chi connectivity index (χ0v) is 18.5. The summed E-state index contributed by atoms with van der Waals surface area (Å²) in [5.74, 6) is -1.83. The van der Waals surface area contributed by atoms with Crippen LogP contribution in [0.5, 0.6) is 0 Å². The highest BCUT2D eigenvalue weighted by molar-refractivity contribution is 6.04. The molecule has 0 bridgehead atoms. The van der Waals surface area contributed by atoms with E-state index in [1.807, 2.05) is 6.92 Å². The van der Waals surface area contributed by atoms with Crippen molar-refractivity contribution in [3.8, 4) is 0 Å². The zero-order chi connectivity index (χ0) is 25.8. The molecule has 3 rings (SSSR count). The van der Waals surface area contributed by atoms with Crippen LogP contribution >= 0.6 is 0 Å². The molecule has 184 valence electrons. The first-order chi connectivity index (χ1) is 16.5. The summed E-state index contributed by atoms with van der Waals surface area (Å²) in [4.78, 5) is 47.6. The van der Waals surface area contributed by atoms with Crippen molar-refractivity contribution < 1.29 is 27.9 Å². The lowest BCUT2D eigenvalue weighted by molar-refractivity contribution is -0.138. The van der Waals surface area contributed by atoms with Crippen LogP contribution in [0, 0.1) is 0 Å². The normalized spacial score (nSPS) is 12.2. The van der Waals surface area contributed by atoms with Crippen molar-refractivity contribution in [3.05, 3.63) is 85.7 Å². The van der Waals surface area contributed by atoms with Crippen LogP contribution in [0.4, 0.5) is 30.2 Å². The number of alkyl halides is 3. The fraction of sp³-hybridized carbons (Fsp3) is 0.250. The number of hydrogen-bond acceptors (Lipinski definition) is 6. The van der Waals surface area contributed by atoms with E-state index >= 15 is 0 Å². The van der Waals surface area contributed by atoms with E-state index in [2.05, 4.69) is 16.0 Å². The van der Waals surface area contributed by atoms with Crippen LogP contribution in [0.3, 0.4) is 0 Å². The number of carbonyl (C=O) groups excluding carboxylic acids is 1. The SMILES string of the molecule is CCCNc1c(NC(Cc2ccc(NC(=O)c3ccc(C(F)(F)F)cc3)cc2)C(=O)O)c(=O)c1=O. The van der Waals surface area contributed by atoms with Crippen molar-refractivity contribution in [2.75, 3.05) is 22.5 Å². The third-order valence-corrected chi connectivity index (χ3v) is 5.20. The third-order valence-electron chi connectivity index (χ3n) is 5.20. The maximum Gasteiger partial charge on any atom is 0.416 e. The van der Waals surface area contributed by atoms with E-state index in [1.54, 1.807) is 12.1 Å². The highest BCUT2D eigenvalue weighted by Crippen LogP contribution is 2.29. The van der Waals surface area contributed by atoms with Crippen molar-refractivity contribution >= 4 is 28.9 Å². The van der Waals surface area contributed by atoms with Crippen LogP contribution in [0.1, 0.15) is 34.8 Å². The Labute approximate surface area is 197 Å². The van der Waals surface area contributed by atoms with E-state index in [0.29, 0.717) is 24.2 Å². The lowest BCUT2D eigenvalue weighted by Crippen LogP contribution is -2.42. The number of anilines is 3. The van der Waals surface area contributed by atoms with Crippen molar-refractivity contribution in [1.29, 1.82) is 0 Å². The first-order valence-corrected chi connectivity index (χ1v) is 10.6. The summed E-state index contributed by atoms with van der Waals surface area (Å²) in [6.07, 6.45) is -3.81. The summed E-state index contributed by atoms with van der Waals surface area (Å²) >= 11 is 0. The second kappa shape index (κ2) is 10.4. The molecule has 0 saturated carbocycles. The standard InChI is InChI=1S/C24H22F3N3O5/c1-2-11-28-18-19(21(32)20(18)31)30-17(23(34)35)12-13-3-9-16(10-4-13)29-22(33)14-5-7-15(8-6-14)24(25,26)27/h3-10,17,28,30H,2,11-12H2,1H3,(H,29,33)(H,34,35). The maximum absolute atomic E-state index is 12.7. The highest BCUT2D eigenvalue weighted by Gasteiger charge is 2.30. The molecule has 0 heterocycles. The Morgan fingerprint density at radius 1 is 0.943 bits per heavy atom. The van der Waals surface area contributed by atoms with Crippen LogP contribution in [0.15, 0.2) is 58.1 Å². The number of carboxylic acids is 1. The van der Waals surface area contributed by atoms with E-state index in [0.717, 1.165) is 24.3 Å². The minimum absolute atomic E-state index is 0.0194. The Kier molecular flexibility index (Phi) is 7.58. The first kappa shape index (κ1) is 25.5. The van der Waals surface area contributed by atoms with Gasteiger partial charge in [0.1, 0.15) is 17.4 Å². The van der Waals surface area contributed by atoms with Gasteiger partial charge in [-0.05, 0) is 48.4 Å². The molecule has 3 aromatic rings. The number of amides is 1. The maximum atomic E-state index is 12.7. The van der Waals surface area contributed by atoms with E-state index in [1.165, 1.54) is 12.1 Å². The molecule has 35 heavy (non-hydrogen) atoms. The summed E-state index contributed by atoms with van der Waals surface area (Å²) in [7, 11) is 0. The number of carbonyl (C=O) groups is 2. The van der Waals surface area contributed by atoms with Gasteiger partial charge in [-0.2, -0.15) is 13.2 Å². The van der Waals surface area contributed by atoms with Gasteiger partial charge in [0.15, 0.2) is 0 Å². The van der Waals surface area contributed by atoms with Crippen LogP contribution in [-0.2, 0) is 17.4 Å². The predicted octanol–water partition coefficient (Wildman–Crippen LogP) is 3.48. The summed E-state index contributed by atoms with van der Waals surface area (Å²) in [6, 6.07) is 8.75. The van der Waals surface area contributed by atoms with Crippen LogP contribution in [-0.4, -0.2) is 29.6 Å². The van der Waals surface area contributed by atoms with E-state index in [4.69, 9.17) is 0 Å². The average Bonchev–Trinajstić information content (AvgIpc) is 2.82. The van der Waals surface area contributed by atoms with Crippen molar-refractivity contribution in [2.24, 2.45) is 0 Å². The van der Waals surface area contributed by atoms with Crippen molar-refractivity contribution in [1.82, 2.24) is 0 Å². The van der Waals surface area contributed by atoms with Gasteiger partial charge in [0, 0.05) is 24.2 Å². The summed E-state index contributed by atoms with van der Waals surface area (Å²) in [5, 5.41) is 17.6. The van der Waals surface area contributed by atoms with Crippen LogP contribution in [0.25, 0.3) is 0 Å². The predicted molar refractivity (Wildman–Crippen MR) is 125 cm³/mol. The van der Waals surface area contributed by atoms with E-state index in [-0.39, 0.29) is 23.4 Å².